The molecule has 0 atom stereocenters. The number of carboxylic acids is 1. The van der Waals surface area contributed by atoms with Crippen LogP contribution < -0.4 is 4.90 Å². The van der Waals surface area contributed by atoms with Crippen molar-refractivity contribution < 1.29 is 14.7 Å². The average Bonchev–Trinajstić information content (AvgIpc) is 2.78. The molecule has 1 aliphatic rings. The second-order valence-electron chi connectivity index (χ2n) is 6.40. The van der Waals surface area contributed by atoms with Gasteiger partial charge in [-0.15, -0.1) is 0 Å². The van der Waals surface area contributed by atoms with Crippen LogP contribution in [0.2, 0.25) is 0 Å². The van der Waals surface area contributed by atoms with E-state index in [2.05, 4.69) is 0 Å². The van der Waals surface area contributed by atoms with Crippen LogP contribution in [0.15, 0.2) is 76.5 Å². The zero-order valence-corrected chi connectivity index (χ0v) is 15.5. The highest BCUT2D eigenvalue weighted by molar-refractivity contribution is 7.99. The van der Waals surface area contributed by atoms with Crippen LogP contribution in [0.25, 0.3) is 0 Å². The van der Waals surface area contributed by atoms with Gasteiger partial charge in [-0.05, 0) is 48.4 Å². The third kappa shape index (κ3) is 3.22. The van der Waals surface area contributed by atoms with Crippen molar-refractivity contribution in [1.29, 1.82) is 0 Å². The summed E-state index contributed by atoms with van der Waals surface area (Å²) in [6.07, 6.45) is 0. The molecule has 0 fully saturated rings. The Morgan fingerprint density at radius 2 is 1.74 bits per heavy atom. The number of carboxylic acid groups (broad SMARTS) is 1. The number of aromatic carboxylic acids is 1. The van der Waals surface area contributed by atoms with Gasteiger partial charge in [0.25, 0.3) is 5.91 Å². The van der Waals surface area contributed by atoms with E-state index < -0.39 is 5.97 Å². The van der Waals surface area contributed by atoms with Crippen LogP contribution in [0.4, 0.5) is 5.69 Å². The summed E-state index contributed by atoms with van der Waals surface area (Å²) in [5.41, 5.74) is 3.55. The molecular weight excluding hydrogens is 358 g/mol. The molecule has 0 saturated carbocycles. The number of amides is 1. The number of nitrogens with zero attached hydrogens (tertiary/aromatic N) is 1. The molecule has 1 heterocycles. The SMILES string of the molecule is Cc1ccccc1CN1C(=O)c2ccccc2Sc2ccc(C(=O)O)cc21. The largest absolute Gasteiger partial charge is 0.478 e. The molecule has 134 valence electrons. The summed E-state index contributed by atoms with van der Waals surface area (Å²) in [7, 11) is 0. The summed E-state index contributed by atoms with van der Waals surface area (Å²) in [5.74, 6) is -1.13. The number of hydrogen-bond acceptors (Lipinski definition) is 3. The lowest BCUT2D eigenvalue weighted by molar-refractivity contribution is 0.0696. The van der Waals surface area contributed by atoms with Crippen LogP contribution in [0.5, 0.6) is 0 Å². The molecule has 1 N–H and O–H groups in total. The predicted octanol–water partition coefficient (Wildman–Crippen LogP) is 5.00. The van der Waals surface area contributed by atoms with Gasteiger partial charge in [-0.2, -0.15) is 0 Å². The Morgan fingerprint density at radius 3 is 2.52 bits per heavy atom. The molecule has 0 unspecified atom stereocenters. The van der Waals surface area contributed by atoms with Crippen molar-refractivity contribution in [3.8, 4) is 0 Å². The lowest BCUT2D eigenvalue weighted by Crippen LogP contribution is -2.30. The molecule has 0 aromatic heterocycles. The van der Waals surface area contributed by atoms with E-state index in [9.17, 15) is 14.7 Å². The standard InChI is InChI=1S/C22H17NO3S/c1-14-6-2-3-7-16(14)13-23-18-12-15(22(25)26)10-11-20(18)27-19-9-5-4-8-17(19)21(23)24/h2-12H,13H2,1H3,(H,25,26). The Balaban J connectivity index is 1.89. The first-order valence-corrected chi connectivity index (χ1v) is 9.37. The molecule has 3 aromatic carbocycles. The third-order valence-electron chi connectivity index (χ3n) is 4.67. The Hall–Kier alpha value is -3.05. The topological polar surface area (TPSA) is 57.6 Å². The van der Waals surface area contributed by atoms with Gasteiger partial charge < -0.3 is 10.0 Å². The van der Waals surface area contributed by atoms with Gasteiger partial charge in [-0.3, -0.25) is 4.79 Å². The van der Waals surface area contributed by atoms with Gasteiger partial charge in [0.2, 0.25) is 0 Å². The van der Waals surface area contributed by atoms with Gasteiger partial charge in [0.05, 0.1) is 23.4 Å². The molecular formula is C22H17NO3S. The van der Waals surface area contributed by atoms with E-state index in [1.165, 1.54) is 11.8 Å². The number of carbonyl (C=O) groups is 2. The Kier molecular flexibility index (Phi) is 4.46. The van der Waals surface area contributed by atoms with E-state index in [1.54, 1.807) is 23.1 Å². The minimum absolute atomic E-state index is 0.123. The molecule has 3 aromatic rings. The first kappa shape index (κ1) is 17.4. The number of aryl methyl sites for hydroxylation is 1. The van der Waals surface area contributed by atoms with Gasteiger partial charge in [0.1, 0.15) is 0 Å². The van der Waals surface area contributed by atoms with Gasteiger partial charge in [0, 0.05) is 9.79 Å². The van der Waals surface area contributed by atoms with Crippen LogP contribution in [0.1, 0.15) is 31.8 Å². The van der Waals surface area contributed by atoms with Gasteiger partial charge in [-0.25, -0.2) is 4.79 Å². The molecule has 4 nitrogen and oxygen atoms in total. The molecule has 0 radical (unpaired) electrons. The molecule has 1 aliphatic heterocycles. The minimum Gasteiger partial charge on any atom is -0.478 e. The number of carbonyl (C=O) groups excluding carboxylic acids is 1. The fourth-order valence-corrected chi connectivity index (χ4v) is 4.23. The summed E-state index contributed by atoms with van der Waals surface area (Å²) >= 11 is 1.49. The summed E-state index contributed by atoms with van der Waals surface area (Å²) in [6.45, 7) is 2.39. The first-order chi connectivity index (χ1) is 13.0. The van der Waals surface area contributed by atoms with Crippen molar-refractivity contribution in [2.75, 3.05) is 4.90 Å². The lowest BCUT2D eigenvalue weighted by atomic mass is 10.1. The maximum Gasteiger partial charge on any atom is 0.335 e. The number of benzene rings is 3. The van der Waals surface area contributed by atoms with E-state index in [0.29, 0.717) is 17.8 Å². The zero-order valence-electron chi connectivity index (χ0n) is 14.7. The van der Waals surface area contributed by atoms with Crippen LogP contribution in [0.3, 0.4) is 0 Å². The number of anilines is 1. The van der Waals surface area contributed by atoms with Crippen molar-refractivity contribution in [3.63, 3.8) is 0 Å². The maximum atomic E-state index is 13.4. The van der Waals surface area contributed by atoms with E-state index in [0.717, 1.165) is 20.9 Å². The van der Waals surface area contributed by atoms with Crippen molar-refractivity contribution in [2.45, 2.75) is 23.3 Å². The summed E-state index contributed by atoms with van der Waals surface area (Å²) in [6, 6.07) is 20.4. The monoisotopic (exact) mass is 375 g/mol. The number of rotatable bonds is 3. The first-order valence-electron chi connectivity index (χ1n) is 8.55. The zero-order chi connectivity index (χ0) is 19.0. The summed E-state index contributed by atoms with van der Waals surface area (Å²) in [5, 5.41) is 9.41. The molecule has 0 bridgehead atoms. The highest BCUT2D eigenvalue weighted by Crippen LogP contribution is 2.42. The molecule has 0 aliphatic carbocycles. The smallest absolute Gasteiger partial charge is 0.335 e. The van der Waals surface area contributed by atoms with Gasteiger partial charge >= 0.3 is 5.97 Å². The van der Waals surface area contributed by atoms with Gasteiger partial charge in [0.15, 0.2) is 0 Å². The number of fused-ring (bicyclic) bond motifs is 2. The fourth-order valence-electron chi connectivity index (χ4n) is 3.17. The fraction of sp³-hybridized carbons (Fsp3) is 0.0909. The lowest BCUT2D eigenvalue weighted by Gasteiger charge is -2.24. The molecule has 0 spiro atoms. The average molecular weight is 375 g/mol. The van der Waals surface area contributed by atoms with Crippen molar-refractivity contribution in [3.05, 3.63) is 89.0 Å². The Bertz CT molecular complexity index is 1060. The van der Waals surface area contributed by atoms with E-state index >= 15 is 0 Å². The van der Waals surface area contributed by atoms with E-state index in [1.807, 2.05) is 55.5 Å². The molecule has 27 heavy (non-hydrogen) atoms. The Morgan fingerprint density at radius 1 is 1.00 bits per heavy atom. The highest BCUT2D eigenvalue weighted by Gasteiger charge is 2.28. The minimum atomic E-state index is -1.01. The van der Waals surface area contributed by atoms with Crippen molar-refractivity contribution in [1.82, 2.24) is 0 Å². The predicted molar refractivity (Wildman–Crippen MR) is 106 cm³/mol. The Labute approximate surface area is 161 Å². The normalized spacial score (nSPS) is 12.9. The highest BCUT2D eigenvalue weighted by atomic mass is 32.2. The second-order valence-corrected chi connectivity index (χ2v) is 7.49. The second kappa shape index (κ2) is 6.93. The molecule has 0 saturated heterocycles. The van der Waals surface area contributed by atoms with E-state index in [4.69, 9.17) is 0 Å². The number of hydrogen-bond donors (Lipinski definition) is 1. The maximum absolute atomic E-state index is 13.4. The molecule has 4 rings (SSSR count). The van der Waals surface area contributed by atoms with Crippen LogP contribution in [0, 0.1) is 6.92 Å². The van der Waals surface area contributed by atoms with E-state index in [-0.39, 0.29) is 11.5 Å². The quantitative estimate of drug-likeness (QED) is 0.699. The van der Waals surface area contributed by atoms with Crippen LogP contribution in [-0.2, 0) is 6.54 Å². The third-order valence-corrected chi connectivity index (χ3v) is 5.81. The van der Waals surface area contributed by atoms with Crippen molar-refractivity contribution in [2.24, 2.45) is 0 Å². The summed E-state index contributed by atoms with van der Waals surface area (Å²) < 4.78 is 0. The summed E-state index contributed by atoms with van der Waals surface area (Å²) in [4.78, 5) is 28.3. The molecule has 5 heteroatoms. The van der Waals surface area contributed by atoms with Crippen molar-refractivity contribution >= 4 is 29.3 Å². The van der Waals surface area contributed by atoms with Crippen LogP contribution >= 0.6 is 11.8 Å². The van der Waals surface area contributed by atoms with Crippen LogP contribution in [-0.4, -0.2) is 17.0 Å². The van der Waals surface area contributed by atoms with Gasteiger partial charge in [-0.1, -0.05) is 48.2 Å². The molecule has 1 amide bonds.